The lowest BCUT2D eigenvalue weighted by Gasteiger charge is -2.39. The molecule has 2 aliphatic heterocycles. The molecule has 1 N–H and O–H groups in total. The third-order valence-electron chi connectivity index (χ3n) is 4.10. The van der Waals surface area contributed by atoms with Crippen LogP contribution in [0.5, 0.6) is 0 Å². The highest BCUT2D eigenvalue weighted by atomic mass is 15.3. The van der Waals surface area contributed by atoms with Gasteiger partial charge in [-0.1, -0.05) is 12.1 Å². The number of piperazine rings is 1. The zero-order chi connectivity index (χ0) is 11.3. The number of anilines is 1. The molecule has 2 nitrogen and oxygen atoms in total. The number of hydrogen-bond acceptors (Lipinski definition) is 2. The van der Waals surface area contributed by atoms with E-state index in [2.05, 4.69) is 43.1 Å². The first-order valence-electron chi connectivity index (χ1n) is 6.26. The third kappa shape index (κ3) is 1.29. The molecule has 0 saturated carbocycles. The number of nitrogens with zero attached hydrogens (tertiary/aromatic N) is 1. The van der Waals surface area contributed by atoms with E-state index in [9.17, 15) is 0 Å². The maximum Gasteiger partial charge on any atom is 0.0459 e. The van der Waals surface area contributed by atoms with E-state index in [1.165, 1.54) is 23.2 Å². The minimum Gasteiger partial charge on any atom is -0.363 e. The molecule has 3 rings (SSSR count). The summed E-state index contributed by atoms with van der Waals surface area (Å²) in [6.07, 6.45) is 1.22. The van der Waals surface area contributed by atoms with Crippen LogP contribution in [0.15, 0.2) is 12.1 Å². The molecule has 2 heterocycles. The van der Waals surface area contributed by atoms with Gasteiger partial charge in [0, 0.05) is 30.9 Å². The summed E-state index contributed by atoms with van der Waals surface area (Å²) in [5, 5.41) is 3.54. The first-order valence-corrected chi connectivity index (χ1v) is 6.26. The molecule has 0 amide bonds. The predicted molar refractivity (Wildman–Crippen MR) is 68.2 cm³/mol. The molecule has 86 valence electrons. The zero-order valence-electron chi connectivity index (χ0n) is 10.4. The van der Waals surface area contributed by atoms with Gasteiger partial charge in [0.05, 0.1) is 0 Å². The highest BCUT2D eigenvalue weighted by Gasteiger charge is 2.36. The summed E-state index contributed by atoms with van der Waals surface area (Å²) in [6, 6.07) is 5.84. The van der Waals surface area contributed by atoms with Crippen molar-refractivity contribution in [2.75, 3.05) is 18.0 Å². The molecular formula is C14H20N2. The fourth-order valence-electron chi connectivity index (χ4n) is 3.30. The monoisotopic (exact) mass is 216 g/mol. The average molecular weight is 216 g/mol. The highest BCUT2D eigenvalue weighted by molar-refractivity contribution is 5.67. The van der Waals surface area contributed by atoms with Gasteiger partial charge in [0.15, 0.2) is 0 Å². The highest BCUT2D eigenvalue weighted by Crippen LogP contribution is 2.39. The molecular weight excluding hydrogens is 196 g/mol. The summed E-state index contributed by atoms with van der Waals surface area (Å²) >= 11 is 0. The topological polar surface area (TPSA) is 15.3 Å². The van der Waals surface area contributed by atoms with E-state index in [1.54, 1.807) is 5.56 Å². The quantitative estimate of drug-likeness (QED) is 0.714. The van der Waals surface area contributed by atoms with Crippen LogP contribution in [0.3, 0.4) is 0 Å². The Kier molecular flexibility index (Phi) is 2.21. The molecule has 1 aromatic rings. The maximum absolute atomic E-state index is 3.54. The van der Waals surface area contributed by atoms with Crippen molar-refractivity contribution in [2.45, 2.75) is 39.3 Å². The van der Waals surface area contributed by atoms with Crippen LogP contribution in [-0.4, -0.2) is 25.2 Å². The molecule has 0 unspecified atom stereocenters. The molecule has 1 fully saturated rings. The molecule has 1 aromatic carbocycles. The van der Waals surface area contributed by atoms with Crippen LogP contribution in [0, 0.1) is 13.8 Å². The Balaban J connectivity index is 2.13. The van der Waals surface area contributed by atoms with Gasteiger partial charge in [-0.05, 0) is 43.9 Å². The van der Waals surface area contributed by atoms with Crippen molar-refractivity contribution in [1.29, 1.82) is 0 Å². The summed E-state index contributed by atoms with van der Waals surface area (Å²) in [4.78, 5) is 2.65. The molecule has 2 heteroatoms. The van der Waals surface area contributed by atoms with Crippen molar-refractivity contribution < 1.29 is 0 Å². The second-order valence-corrected chi connectivity index (χ2v) is 5.30. The van der Waals surface area contributed by atoms with Gasteiger partial charge in [-0.25, -0.2) is 0 Å². The standard InChI is InChI=1S/C14H20N2/c1-9-4-5-10(2)14-13(9)6-12-8-15-7-11(3)16(12)14/h4-5,11-12,15H,6-8H2,1-3H3/t11-,12+/m1/s1. The fraction of sp³-hybridized carbons (Fsp3) is 0.571. The van der Waals surface area contributed by atoms with Crippen LogP contribution in [0.1, 0.15) is 23.6 Å². The van der Waals surface area contributed by atoms with Crippen LogP contribution in [-0.2, 0) is 6.42 Å². The van der Waals surface area contributed by atoms with Crippen LogP contribution in [0.25, 0.3) is 0 Å². The average Bonchev–Trinajstić information content (AvgIpc) is 2.65. The molecule has 16 heavy (non-hydrogen) atoms. The normalized spacial score (nSPS) is 27.8. The second-order valence-electron chi connectivity index (χ2n) is 5.30. The minimum atomic E-state index is 0.625. The molecule has 0 aliphatic carbocycles. The number of fused-ring (bicyclic) bond motifs is 3. The second kappa shape index (κ2) is 3.49. The molecule has 2 aliphatic rings. The Hall–Kier alpha value is -1.02. The Bertz CT molecular complexity index is 425. The summed E-state index contributed by atoms with van der Waals surface area (Å²) in [6.45, 7) is 9.07. The molecule has 0 spiro atoms. The lowest BCUT2D eigenvalue weighted by molar-refractivity contribution is 0.429. The largest absolute Gasteiger partial charge is 0.363 e. The maximum atomic E-state index is 3.54. The number of aryl methyl sites for hydroxylation is 2. The van der Waals surface area contributed by atoms with E-state index >= 15 is 0 Å². The number of benzene rings is 1. The van der Waals surface area contributed by atoms with Gasteiger partial charge in [0.25, 0.3) is 0 Å². The van der Waals surface area contributed by atoms with Crippen molar-refractivity contribution in [3.8, 4) is 0 Å². The first-order chi connectivity index (χ1) is 7.68. The minimum absolute atomic E-state index is 0.625. The molecule has 2 atom stereocenters. The van der Waals surface area contributed by atoms with E-state index in [0.29, 0.717) is 12.1 Å². The molecule has 1 saturated heterocycles. The van der Waals surface area contributed by atoms with Crippen molar-refractivity contribution in [2.24, 2.45) is 0 Å². The van der Waals surface area contributed by atoms with Crippen molar-refractivity contribution >= 4 is 5.69 Å². The van der Waals surface area contributed by atoms with Crippen molar-refractivity contribution in [1.82, 2.24) is 5.32 Å². The van der Waals surface area contributed by atoms with Crippen molar-refractivity contribution in [3.05, 3.63) is 28.8 Å². The zero-order valence-corrected chi connectivity index (χ0v) is 10.4. The first kappa shape index (κ1) is 10.2. The van der Waals surface area contributed by atoms with E-state index in [-0.39, 0.29) is 0 Å². The number of hydrogen-bond donors (Lipinski definition) is 1. The van der Waals surface area contributed by atoms with E-state index < -0.39 is 0 Å². The molecule has 0 radical (unpaired) electrons. The summed E-state index contributed by atoms with van der Waals surface area (Å²) in [5.41, 5.74) is 6.01. The smallest absolute Gasteiger partial charge is 0.0459 e. The van der Waals surface area contributed by atoms with Gasteiger partial charge < -0.3 is 10.2 Å². The van der Waals surface area contributed by atoms with E-state index in [1.807, 2.05) is 0 Å². The summed E-state index contributed by atoms with van der Waals surface area (Å²) in [5.74, 6) is 0. The molecule has 0 aromatic heterocycles. The number of nitrogens with one attached hydrogen (secondary N) is 1. The summed E-state index contributed by atoms with van der Waals surface area (Å²) < 4.78 is 0. The van der Waals surface area contributed by atoms with Crippen LogP contribution < -0.4 is 10.2 Å². The van der Waals surface area contributed by atoms with Gasteiger partial charge >= 0.3 is 0 Å². The van der Waals surface area contributed by atoms with Gasteiger partial charge in [-0.15, -0.1) is 0 Å². The van der Waals surface area contributed by atoms with Gasteiger partial charge in [-0.2, -0.15) is 0 Å². The van der Waals surface area contributed by atoms with Crippen LogP contribution in [0.4, 0.5) is 5.69 Å². The lowest BCUT2D eigenvalue weighted by Crippen LogP contribution is -2.55. The summed E-state index contributed by atoms with van der Waals surface area (Å²) in [7, 11) is 0. The fourth-order valence-corrected chi connectivity index (χ4v) is 3.30. The van der Waals surface area contributed by atoms with E-state index in [0.717, 1.165) is 13.1 Å². The van der Waals surface area contributed by atoms with Crippen LogP contribution >= 0.6 is 0 Å². The third-order valence-corrected chi connectivity index (χ3v) is 4.10. The number of rotatable bonds is 0. The predicted octanol–water partition coefficient (Wildman–Crippen LogP) is 2.03. The van der Waals surface area contributed by atoms with Gasteiger partial charge in [-0.3, -0.25) is 0 Å². The van der Waals surface area contributed by atoms with E-state index in [4.69, 9.17) is 0 Å². The van der Waals surface area contributed by atoms with Gasteiger partial charge in [0.1, 0.15) is 0 Å². The van der Waals surface area contributed by atoms with Crippen LogP contribution in [0.2, 0.25) is 0 Å². The Morgan fingerprint density at radius 3 is 2.75 bits per heavy atom. The Morgan fingerprint density at radius 1 is 1.19 bits per heavy atom. The molecule has 0 bridgehead atoms. The van der Waals surface area contributed by atoms with Gasteiger partial charge in [0.2, 0.25) is 0 Å². The SMILES string of the molecule is Cc1ccc(C)c2c1C[C@H]1CNC[C@@H](C)N21. The van der Waals surface area contributed by atoms with Crippen molar-refractivity contribution in [3.63, 3.8) is 0 Å². The lowest BCUT2D eigenvalue weighted by atomic mass is 10.0. The Morgan fingerprint density at radius 2 is 1.94 bits per heavy atom. The Labute approximate surface area is 97.6 Å².